The number of aliphatic hydroxyl groups is 1. The van der Waals surface area contributed by atoms with Crippen molar-refractivity contribution in [1.82, 2.24) is 29.7 Å². The van der Waals surface area contributed by atoms with E-state index in [0.29, 0.717) is 39.0 Å². The molecule has 3 aromatic rings. The maximum atomic E-state index is 14.6. The van der Waals surface area contributed by atoms with Gasteiger partial charge in [0.05, 0.1) is 23.5 Å². The Hall–Kier alpha value is -4.35. The second kappa shape index (κ2) is 12.2. The first kappa shape index (κ1) is 29.4. The number of unbranched alkanes of at least 4 members (excludes halogenated alkanes) is 3. The van der Waals surface area contributed by atoms with E-state index in [1.807, 2.05) is 78.9 Å². The van der Waals surface area contributed by atoms with E-state index in [2.05, 4.69) is 10.3 Å². The van der Waals surface area contributed by atoms with Crippen LogP contribution in [0.2, 0.25) is 0 Å². The Balaban J connectivity index is 1.22. The summed E-state index contributed by atoms with van der Waals surface area (Å²) < 4.78 is 8.47. The van der Waals surface area contributed by atoms with E-state index < -0.39 is 29.6 Å². The van der Waals surface area contributed by atoms with Gasteiger partial charge in [-0.25, -0.2) is 4.68 Å². The third-order valence-corrected chi connectivity index (χ3v) is 9.57. The molecule has 1 spiro atoms. The Morgan fingerprint density at radius 1 is 0.867 bits per heavy atom. The molecule has 0 bridgehead atoms. The van der Waals surface area contributed by atoms with E-state index in [4.69, 9.17) is 4.74 Å². The van der Waals surface area contributed by atoms with Gasteiger partial charge in [0, 0.05) is 32.8 Å². The lowest BCUT2D eigenvalue weighted by molar-refractivity contribution is -0.149. The number of carbonyl (C=O) groups is 3. The number of amides is 3. The number of likely N-dealkylation sites (tertiary alicyclic amines) is 1. The number of nitrogens with zero attached hydrogens (tertiary/aromatic N) is 6. The molecule has 5 atom stereocenters. The van der Waals surface area contributed by atoms with Crippen molar-refractivity contribution in [3.05, 3.63) is 84.5 Å². The van der Waals surface area contributed by atoms with Gasteiger partial charge in [0.15, 0.2) is 0 Å². The average molecular weight is 611 g/mol. The highest BCUT2D eigenvalue weighted by molar-refractivity contribution is 5.99. The number of rotatable bonds is 10. The number of para-hydroxylation sites is 1. The number of hydrogen-bond donors (Lipinski definition) is 1. The maximum Gasteiger partial charge on any atom is 0.250 e. The molecule has 2 aromatic carbocycles. The highest BCUT2D eigenvalue weighted by Crippen LogP contribution is 2.53. The van der Waals surface area contributed by atoms with Crippen molar-refractivity contribution in [1.29, 1.82) is 0 Å². The van der Waals surface area contributed by atoms with Gasteiger partial charge in [0.1, 0.15) is 23.8 Å². The second-order valence-electron chi connectivity index (χ2n) is 12.3. The molecule has 234 valence electrons. The van der Waals surface area contributed by atoms with E-state index in [-0.39, 0.29) is 31.0 Å². The molecule has 0 aliphatic carbocycles. The quantitative estimate of drug-likeness (QED) is 0.277. The molecule has 0 saturated carbocycles. The van der Waals surface area contributed by atoms with Crippen molar-refractivity contribution < 1.29 is 24.2 Å². The molecule has 0 radical (unpaired) electrons. The van der Waals surface area contributed by atoms with Gasteiger partial charge in [-0.1, -0.05) is 84.8 Å². The molecule has 5 heterocycles. The number of hydrogen-bond acceptors (Lipinski definition) is 7. The fourth-order valence-corrected chi connectivity index (χ4v) is 7.48. The molecule has 11 nitrogen and oxygen atoms in total. The van der Waals surface area contributed by atoms with Gasteiger partial charge < -0.3 is 24.5 Å². The Kier molecular flexibility index (Phi) is 7.97. The third kappa shape index (κ3) is 5.13. The van der Waals surface area contributed by atoms with Crippen LogP contribution in [0.5, 0.6) is 0 Å². The first-order valence-corrected chi connectivity index (χ1v) is 15.8. The summed E-state index contributed by atoms with van der Waals surface area (Å²) in [5.41, 5.74) is 1.27. The molecule has 45 heavy (non-hydrogen) atoms. The summed E-state index contributed by atoms with van der Waals surface area (Å²) in [7, 11) is 0. The van der Waals surface area contributed by atoms with E-state index in [0.717, 1.165) is 29.4 Å². The third-order valence-electron chi connectivity index (χ3n) is 9.57. The molecule has 4 aliphatic heterocycles. The van der Waals surface area contributed by atoms with Crippen molar-refractivity contribution in [3.8, 4) is 0 Å². The van der Waals surface area contributed by atoms with Crippen LogP contribution in [0.3, 0.4) is 0 Å². The summed E-state index contributed by atoms with van der Waals surface area (Å²) >= 11 is 0. The molecule has 1 unspecified atom stereocenters. The lowest BCUT2D eigenvalue weighted by Gasteiger charge is -2.35. The van der Waals surface area contributed by atoms with Crippen molar-refractivity contribution >= 4 is 28.8 Å². The molecule has 1 aromatic heterocycles. The Morgan fingerprint density at radius 2 is 1.64 bits per heavy atom. The van der Waals surface area contributed by atoms with Crippen molar-refractivity contribution in [2.75, 3.05) is 26.2 Å². The minimum atomic E-state index is -1.27. The van der Waals surface area contributed by atoms with Crippen molar-refractivity contribution in [2.24, 2.45) is 11.8 Å². The molecular weight excluding hydrogens is 572 g/mol. The largest absolute Gasteiger partial charge is 0.396 e. The van der Waals surface area contributed by atoms with Gasteiger partial charge in [0.25, 0.3) is 5.91 Å². The van der Waals surface area contributed by atoms with E-state index in [1.54, 1.807) is 19.4 Å². The summed E-state index contributed by atoms with van der Waals surface area (Å²) in [6, 6.07) is 16.5. The summed E-state index contributed by atoms with van der Waals surface area (Å²) in [6.45, 7) is 1.80. The molecular formula is C34H38N6O5. The zero-order valence-corrected chi connectivity index (χ0v) is 25.1. The van der Waals surface area contributed by atoms with Crippen LogP contribution in [0, 0.1) is 11.8 Å². The second-order valence-corrected chi connectivity index (χ2v) is 12.3. The van der Waals surface area contributed by atoms with Gasteiger partial charge >= 0.3 is 0 Å². The topological polar surface area (TPSA) is 121 Å². The number of aromatic nitrogens is 3. The minimum Gasteiger partial charge on any atom is -0.396 e. The number of carbonyl (C=O) groups excluding carboxylic acids is 3. The average Bonchev–Trinajstić information content (AvgIpc) is 3.61. The Bertz CT molecular complexity index is 1640. The number of ether oxygens (including phenoxy) is 1. The summed E-state index contributed by atoms with van der Waals surface area (Å²) in [6.07, 6.45) is 9.99. The SMILES string of the molecule is O=C1C2N(CCCCCCO)C(=O)[C@@H]3[C@H]4C(=O)N(Cc5ccccc5)CC=C[C@H]4O[C@]23C=CCN1Cn1nnc2ccccc21. The number of fused-ring (bicyclic) bond motifs is 3. The smallest absolute Gasteiger partial charge is 0.250 e. The summed E-state index contributed by atoms with van der Waals surface area (Å²) in [5, 5.41) is 17.8. The Labute approximate surface area is 261 Å². The van der Waals surface area contributed by atoms with Crippen LogP contribution in [-0.4, -0.2) is 96.5 Å². The van der Waals surface area contributed by atoms with Gasteiger partial charge in [-0.2, -0.15) is 0 Å². The van der Waals surface area contributed by atoms with E-state index in [1.165, 1.54) is 0 Å². The van der Waals surface area contributed by atoms with Gasteiger partial charge in [-0.05, 0) is 30.5 Å². The predicted octanol–water partition coefficient (Wildman–Crippen LogP) is 2.52. The monoisotopic (exact) mass is 610 g/mol. The van der Waals surface area contributed by atoms with Gasteiger partial charge in [0.2, 0.25) is 11.8 Å². The van der Waals surface area contributed by atoms with Crippen LogP contribution in [0.15, 0.2) is 78.9 Å². The van der Waals surface area contributed by atoms with E-state index >= 15 is 0 Å². The molecule has 2 fully saturated rings. The number of benzene rings is 2. The van der Waals surface area contributed by atoms with Gasteiger partial charge in [-0.3, -0.25) is 14.4 Å². The van der Waals surface area contributed by atoms with Crippen LogP contribution in [0.1, 0.15) is 31.2 Å². The first-order chi connectivity index (χ1) is 22.0. The summed E-state index contributed by atoms with van der Waals surface area (Å²) in [5.74, 6) is -2.16. The zero-order valence-electron chi connectivity index (χ0n) is 25.1. The van der Waals surface area contributed by atoms with Crippen LogP contribution in [0.4, 0.5) is 0 Å². The van der Waals surface area contributed by atoms with Gasteiger partial charge in [-0.15, -0.1) is 5.10 Å². The Morgan fingerprint density at radius 3 is 2.49 bits per heavy atom. The van der Waals surface area contributed by atoms with Crippen LogP contribution in [-0.2, 0) is 32.3 Å². The van der Waals surface area contributed by atoms with Crippen molar-refractivity contribution in [2.45, 2.75) is 56.6 Å². The number of aliphatic hydroxyl groups excluding tert-OH is 1. The molecule has 1 N–H and O–H groups in total. The first-order valence-electron chi connectivity index (χ1n) is 15.8. The molecule has 2 saturated heterocycles. The predicted molar refractivity (Wildman–Crippen MR) is 165 cm³/mol. The fourth-order valence-electron chi connectivity index (χ4n) is 7.48. The zero-order chi connectivity index (χ0) is 31.0. The van der Waals surface area contributed by atoms with Crippen LogP contribution in [0.25, 0.3) is 11.0 Å². The lowest BCUT2D eigenvalue weighted by atomic mass is 9.77. The van der Waals surface area contributed by atoms with Crippen LogP contribution < -0.4 is 0 Å². The minimum absolute atomic E-state index is 0.123. The van der Waals surface area contributed by atoms with E-state index in [9.17, 15) is 19.5 Å². The highest BCUT2D eigenvalue weighted by atomic mass is 16.5. The fraction of sp³-hybridized carbons (Fsp3) is 0.441. The maximum absolute atomic E-state index is 14.6. The molecule has 7 rings (SSSR count). The highest BCUT2D eigenvalue weighted by Gasteiger charge is 2.71. The normalized spacial score (nSPS) is 27.6. The molecule has 3 amide bonds. The standard InChI is InChI=1S/C34H38N6O5/c41-21-9-2-1-8-20-39-30-33(44)38(23-40-26-15-7-6-14-25(26)35-36-40)19-11-17-34(30)29(32(39)43)28-27(45-34)16-10-18-37(31(28)42)22-24-12-4-3-5-13-24/h3-7,10-17,27-30,41H,1-2,8-9,18-23H2/t27-,28+,29+,30?,34+/m1/s1. The summed E-state index contributed by atoms with van der Waals surface area (Å²) in [4.78, 5) is 48.5. The lowest BCUT2D eigenvalue weighted by Crippen LogP contribution is -2.55. The molecule has 11 heteroatoms. The van der Waals surface area contributed by atoms with Crippen molar-refractivity contribution in [3.63, 3.8) is 0 Å². The molecule has 4 aliphatic rings. The van der Waals surface area contributed by atoms with Crippen LogP contribution >= 0.6 is 0 Å².